The molecule has 1 unspecified atom stereocenters. The van der Waals surface area contributed by atoms with Gasteiger partial charge in [0.05, 0.1) is 53.0 Å². The first-order valence-corrected chi connectivity index (χ1v) is 13.6. The summed E-state index contributed by atoms with van der Waals surface area (Å²) >= 11 is 0. The molecule has 40 heavy (non-hydrogen) atoms. The molecule has 1 saturated heterocycles. The van der Waals surface area contributed by atoms with Gasteiger partial charge in [0.2, 0.25) is 5.88 Å². The highest BCUT2D eigenvalue weighted by Gasteiger charge is 2.20. The SMILES string of the molecule is Cc1cc2n(Cc3nc(OCC4CCOC4)c4cc(C5=CNCCC=N5)ccc4n3)c(=O)c3ccccc3n2n1. The smallest absolute Gasteiger partial charge is 0.262 e. The lowest BCUT2D eigenvalue weighted by Gasteiger charge is -2.15. The molecule has 0 spiro atoms. The van der Waals surface area contributed by atoms with Crippen molar-refractivity contribution in [3.8, 4) is 5.88 Å². The number of aryl methyl sites for hydroxylation is 1. The third-order valence-corrected chi connectivity index (χ3v) is 7.37. The maximum atomic E-state index is 13.6. The summed E-state index contributed by atoms with van der Waals surface area (Å²) in [5.74, 6) is 1.30. The molecule has 0 bridgehead atoms. The number of benzene rings is 2. The fourth-order valence-electron chi connectivity index (χ4n) is 5.31. The van der Waals surface area contributed by atoms with E-state index in [-0.39, 0.29) is 12.1 Å². The number of hydrogen-bond donors (Lipinski definition) is 1. The Morgan fingerprint density at radius 3 is 2.95 bits per heavy atom. The van der Waals surface area contributed by atoms with Gasteiger partial charge in [-0.3, -0.25) is 14.4 Å². The van der Waals surface area contributed by atoms with Gasteiger partial charge in [0.15, 0.2) is 5.82 Å². The molecule has 1 N–H and O–H groups in total. The highest BCUT2D eigenvalue weighted by Crippen LogP contribution is 2.29. The van der Waals surface area contributed by atoms with Crippen LogP contribution in [-0.2, 0) is 11.3 Å². The maximum absolute atomic E-state index is 13.6. The third kappa shape index (κ3) is 4.50. The number of nitrogens with zero attached hydrogens (tertiary/aromatic N) is 6. The van der Waals surface area contributed by atoms with E-state index in [4.69, 9.17) is 19.4 Å². The van der Waals surface area contributed by atoms with Gasteiger partial charge < -0.3 is 14.8 Å². The van der Waals surface area contributed by atoms with Gasteiger partial charge >= 0.3 is 0 Å². The van der Waals surface area contributed by atoms with Crippen molar-refractivity contribution in [2.75, 3.05) is 26.4 Å². The van der Waals surface area contributed by atoms with E-state index in [0.717, 1.165) is 59.4 Å². The summed E-state index contributed by atoms with van der Waals surface area (Å²) in [5, 5.41) is 9.33. The molecular formula is C30H29N7O3. The van der Waals surface area contributed by atoms with Gasteiger partial charge in [-0.05, 0) is 37.6 Å². The van der Waals surface area contributed by atoms with Crippen LogP contribution in [0.25, 0.3) is 33.2 Å². The zero-order valence-corrected chi connectivity index (χ0v) is 22.2. The molecule has 1 atom stereocenters. The van der Waals surface area contributed by atoms with Gasteiger partial charge in [-0.25, -0.2) is 9.50 Å². The Morgan fingerprint density at radius 2 is 2.05 bits per heavy atom. The summed E-state index contributed by atoms with van der Waals surface area (Å²) < 4.78 is 15.4. The molecule has 0 amide bonds. The van der Waals surface area contributed by atoms with Crippen LogP contribution in [0.15, 0.2) is 64.5 Å². The van der Waals surface area contributed by atoms with Crippen LogP contribution in [0.4, 0.5) is 0 Å². The van der Waals surface area contributed by atoms with Crippen LogP contribution < -0.4 is 15.6 Å². The van der Waals surface area contributed by atoms with Gasteiger partial charge in [-0.1, -0.05) is 18.2 Å². The van der Waals surface area contributed by atoms with Crippen molar-refractivity contribution < 1.29 is 9.47 Å². The minimum absolute atomic E-state index is 0.113. The largest absolute Gasteiger partial charge is 0.477 e. The van der Waals surface area contributed by atoms with E-state index in [9.17, 15) is 4.79 Å². The average Bonchev–Trinajstić information content (AvgIpc) is 3.55. The fourth-order valence-corrected chi connectivity index (χ4v) is 5.31. The lowest BCUT2D eigenvalue weighted by molar-refractivity contribution is 0.166. The first-order chi connectivity index (χ1) is 19.6. The number of hydrogen-bond acceptors (Lipinski definition) is 8. The number of rotatable bonds is 6. The highest BCUT2D eigenvalue weighted by atomic mass is 16.5. The van der Waals surface area contributed by atoms with Crippen molar-refractivity contribution in [2.24, 2.45) is 10.9 Å². The zero-order chi connectivity index (χ0) is 27.1. The van der Waals surface area contributed by atoms with Crippen molar-refractivity contribution in [1.82, 2.24) is 29.5 Å². The lowest BCUT2D eigenvalue weighted by atomic mass is 10.1. The predicted molar refractivity (Wildman–Crippen MR) is 154 cm³/mol. The summed E-state index contributed by atoms with van der Waals surface area (Å²) in [4.78, 5) is 28.0. The van der Waals surface area contributed by atoms with Crippen molar-refractivity contribution in [3.63, 3.8) is 0 Å². The Hall–Kier alpha value is -4.57. The van der Waals surface area contributed by atoms with Gasteiger partial charge in [0.1, 0.15) is 5.65 Å². The van der Waals surface area contributed by atoms with Gasteiger partial charge in [0, 0.05) is 49.5 Å². The number of aliphatic imine (C=N–C) groups is 1. The summed E-state index contributed by atoms with van der Waals surface area (Å²) in [6.07, 6.45) is 5.68. The molecule has 202 valence electrons. The zero-order valence-electron chi connectivity index (χ0n) is 22.2. The summed E-state index contributed by atoms with van der Waals surface area (Å²) in [5.41, 5.74) is 4.71. The number of nitrogens with one attached hydrogen (secondary N) is 1. The first kappa shape index (κ1) is 24.5. The van der Waals surface area contributed by atoms with Crippen LogP contribution in [0.2, 0.25) is 0 Å². The standard InChI is InChI=1S/C30H29N7O3/c1-19-13-28-36(30(38)22-5-2-3-6-26(22)37(28)35-19)16-27-33-24-8-7-21(25-15-31-10-4-11-32-25)14-23(24)29(34-27)40-18-20-9-12-39-17-20/h2-3,5-8,11,13-15,20,31H,4,9-10,12,16-18H2,1H3. The van der Waals surface area contributed by atoms with Crippen LogP contribution in [0.5, 0.6) is 5.88 Å². The molecule has 0 saturated carbocycles. The Morgan fingerprint density at radius 1 is 1.12 bits per heavy atom. The van der Waals surface area contributed by atoms with E-state index < -0.39 is 0 Å². The monoisotopic (exact) mass is 535 g/mol. The van der Waals surface area contributed by atoms with Crippen LogP contribution >= 0.6 is 0 Å². The minimum atomic E-state index is -0.113. The predicted octanol–water partition coefficient (Wildman–Crippen LogP) is 3.73. The molecule has 2 aliphatic rings. The van der Waals surface area contributed by atoms with E-state index >= 15 is 0 Å². The fraction of sp³-hybridized carbons (Fsp3) is 0.300. The molecule has 5 heterocycles. The normalized spacial score (nSPS) is 17.3. The van der Waals surface area contributed by atoms with Crippen LogP contribution in [0.1, 0.15) is 29.9 Å². The summed E-state index contributed by atoms with van der Waals surface area (Å²) in [6.45, 7) is 4.88. The molecule has 5 aromatic rings. The van der Waals surface area contributed by atoms with Gasteiger partial charge in [-0.2, -0.15) is 10.1 Å². The topological polar surface area (TPSA) is 108 Å². The molecule has 7 rings (SSSR count). The van der Waals surface area contributed by atoms with Crippen molar-refractivity contribution >= 4 is 39.4 Å². The van der Waals surface area contributed by atoms with Gasteiger partial charge in [0.25, 0.3) is 5.56 Å². The van der Waals surface area contributed by atoms with E-state index in [0.29, 0.717) is 41.9 Å². The Balaban J connectivity index is 1.34. The van der Waals surface area contributed by atoms with Crippen LogP contribution in [0, 0.1) is 12.8 Å². The van der Waals surface area contributed by atoms with Crippen molar-refractivity contribution in [1.29, 1.82) is 0 Å². The quantitative estimate of drug-likeness (QED) is 0.353. The molecule has 2 aliphatic heterocycles. The number of aromatic nitrogens is 5. The van der Waals surface area contributed by atoms with E-state index in [1.807, 2.05) is 72.4 Å². The molecule has 2 aromatic carbocycles. The van der Waals surface area contributed by atoms with Crippen molar-refractivity contribution in [2.45, 2.75) is 26.3 Å². The minimum Gasteiger partial charge on any atom is -0.477 e. The number of para-hydroxylation sites is 1. The van der Waals surface area contributed by atoms with Gasteiger partial charge in [-0.15, -0.1) is 0 Å². The van der Waals surface area contributed by atoms with Crippen LogP contribution in [-0.4, -0.2) is 56.7 Å². The molecule has 1 fully saturated rings. The first-order valence-electron chi connectivity index (χ1n) is 13.6. The Kier molecular flexibility index (Phi) is 6.24. The number of fused-ring (bicyclic) bond motifs is 4. The Bertz CT molecular complexity index is 1860. The summed E-state index contributed by atoms with van der Waals surface area (Å²) in [7, 11) is 0. The lowest BCUT2D eigenvalue weighted by Crippen LogP contribution is -2.24. The van der Waals surface area contributed by atoms with E-state index in [2.05, 4.69) is 15.4 Å². The average molecular weight is 536 g/mol. The number of ether oxygens (including phenoxy) is 2. The molecule has 10 nitrogen and oxygen atoms in total. The van der Waals surface area contributed by atoms with E-state index in [1.54, 1.807) is 4.57 Å². The molecule has 0 radical (unpaired) electrons. The van der Waals surface area contributed by atoms with E-state index in [1.165, 1.54) is 0 Å². The summed E-state index contributed by atoms with van der Waals surface area (Å²) in [6, 6.07) is 15.4. The van der Waals surface area contributed by atoms with Crippen LogP contribution in [0.3, 0.4) is 0 Å². The second kappa shape index (κ2) is 10.2. The third-order valence-electron chi connectivity index (χ3n) is 7.37. The molecule has 3 aromatic heterocycles. The Labute approximate surface area is 230 Å². The maximum Gasteiger partial charge on any atom is 0.262 e. The van der Waals surface area contributed by atoms with Crippen molar-refractivity contribution in [3.05, 3.63) is 82.2 Å². The highest BCUT2D eigenvalue weighted by molar-refractivity contribution is 5.88. The second-order valence-electron chi connectivity index (χ2n) is 10.3. The molecule has 0 aliphatic carbocycles. The second-order valence-corrected chi connectivity index (χ2v) is 10.3. The molecular weight excluding hydrogens is 506 g/mol. The molecule has 10 heteroatoms.